The summed E-state index contributed by atoms with van der Waals surface area (Å²) < 4.78 is 31.8. The van der Waals surface area contributed by atoms with Crippen LogP contribution in [-0.4, -0.2) is 43.0 Å². The zero-order valence-corrected chi connectivity index (χ0v) is 11.8. The van der Waals surface area contributed by atoms with Gasteiger partial charge in [-0.05, 0) is 26.0 Å². The number of nitrogens with zero attached hydrogens (tertiary/aromatic N) is 2. The van der Waals surface area contributed by atoms with Crippen molar-refractivity contribution >= 4 is 21.6 Å². The minimum absolute atomic E-state index is 0.00398. The van der Waals surface area contributed by atoms with Crippen LogP contribution in [0.2, 0.25) is 5.15 Å². The van der Waals surface area contributed by atoms with E-state index in [1.807, 2.05) is 13.8 Å². The Bertz CT molecular complexity index is 525. The van der Waals surface area contributed by atoms with E-state index in [0.717, 1.165) is 0 Å². The third-order valence-electron chi connectivity index (χ3n) is 2.73. The largest absolute Gasteiger partial charge is 0.373 e. The third-order valence-corrected chi connectivity index (χ3v) is 5.01. The highest BCUT2D eigenvalue weighted by Crippen LogP contribution is 2.25. The molecule has 0 spiro atoms. The second-order valence-electron chi connectivity index (χ2n) is 4.37. The Morgan fingerprint density at radius 2 is 2.00 bits per heavy atom. The summed E-state index contributed by atoms with van der Waals surface area (Å²) >= 11 is 5.85. The van der Waals surface area contributed by atoms with Gasteiger partial charge in [-0.15, -0.1) is 0 Å². The molecule has 1 aliphatic heterocycles. The number of halogens is 1. The van der Waals surface area contributed by atoms with Crippen LogP contribution in [0.3, 0.4) is 0 Å². The lowest BCUT2D eigenvalue weighted by Gasteiger charge is -2.34. The Balaban J connectivity index is 2.34. The van der Waals surface area contributed by atoms with E-state index < -0.39 is 10.0 Å². The number of morpholine rings is 1. The van der Waals surface area contributed by atoms with Crippen molar-refractivity contribution in [2.75, 3.05) is 13.1 Å². The molecular formula is C11H15ClN2O3S. The summed E-state index contributed by atoms with van der Waals surface area (Å²) in [5, 5.41) is 0.00398. The normalized spacial score (nSPS) is 26.2. The molecule has 0 N–H and O–H groups in total. The van der Waals surface area contributed by atoms with Crippen LogP contribution in [0.1, 0.15) is 13.8 Å². The number of aromatic nitrogens is 1. The van der Waals surface area contributed by atoms with Gasteiger partial charge in [0.25, 0.3) is 0 Å². The Morgan fingerprint density at radius 3 is 2.56 bits per heavy atom. The van der Waals surface area contributed by atoms with Crippen LogP contribution >= 0.6 is 11.6 Å². The first kappa shape index (κ1) is 13.7. The number of rotatable bonds is 2. The highest BCUT2D eigenvalue weighted by Gasteiger charge is 2.33. The lowest BCUT2D eigenvalue weighted by atomic mass is 10.3. The van der Waals surface area contributed by atoms with Gasteiger partial charge in [0.15, 0.2) is 0 Å². The molecule has 1 aromatic rings. The predicted octanol–water partition coefficient (Wildman–Crippen LogP) is 1.53. The number of hydrogen-bond donors (Lipinski definition) is 0. The van der Waals surface area contributed by atoms with Crippen LogP contribution in [0.25, 0.3) is 0 Å². The Kier molecular flexibility index (Phi) is 3.91. The maximum atomic E-state index is 12.4. The zero-order valence-electron chi connectivity index (χ0n) is 10.2. The standard InChI is InChI=1S/C11H15ClN2O3S/c1-8-6-14(7-9(2)17-8)18(15,16)10-4-3-5-13-11(10)12/h3-5,8-9H,6-7H2,1-2H3/t8-,9+. The summed E-state index contributed by atoms with van der Waals surface area (Å²) in [6, 6.07) is 3.03. The SMILES string of the molecule is C[C@@H]1CN(S(=O)(=O)c2cccnc2Cl)C[C@H](C)O1. The molecule has 1 aliphatic rings. The number of pyridine rings is 1. The molecule has 2 atom stereocenters. The van der Waals surface area contributed by atoms with Crippen LogP contribution < -0.4 is 0 Å². The molecule has 18 heavy (non-hydrogen) atoms. The van der Waals surface area contributed by atoms with Crippen LogP contribution in [0.5, 0.6) is 0 Å². The summed E-state index contributed by atoms with van der Waals surface area (Å²) in [6.07, 6.45) is 1.21. The van der Waals surface area contributed by atoms with Gasteiger partial charge >= 0.3 is 0 Å². The predicted molar refractivity (Wildman–Crippen MR) is 68.0 cm³/mol. The van der Waals surface area contributed by atoms with E-state index in [2.05, 4.69) is 4.98 Å². The van der Waals surface area contributed by atoms with Crippen molar-refractivity contribution < 1.29 is 13.2 Å². The highest BCUT2D eigenvalue weighted by atomic mass is 35.5. The van der Waals surface area contributed by atoms with Gasteiger partial charge in [0, 0.05) is 19.3 Å². The number of sulfonamides is 1. The van der Waals surface area contributed by atoms with Gasteiger partial charge in [-0.25, -0.2) is 13.4 Å². The van der Waals surface area contributed by atoms with Crippen LogP contribution in [0.15, 0.2) is 23.2 Å². The molecule has 2 rings (SSSR count). The van der Waals surface area contributed by atoms with E-state index in [4.69, 9.17) is 16.3 Å². The fourth-order valence-electron chi connectivity index (χ4n) is 2.03. The third kappa shape index (κ3) is 2.66. The Morgan fingerprint density at radius 1 is 1.39 bits per heavy atom. The summed E-state index contributed by atoms with van der Waals surface area (Å²) in [5.74, 6) is 0. The molecule has 0 bridgehead atoms. The smallest absolute Gasteiger partial charge is 0.246 e. The van der Waals surface area contributed by atoms with Crippen molar-refractivity contribution in [2.45, 2.75) is 31.0 Å². The lowest BCUT2D eigenvalue weighted by Crippen LogP contribution is -2.48. The molecule has 1 aromatic heterocycles. The lowest BCUT2D eigenvalue weighted by molar-refractivity contribution is -0.0440. The summed E-state index contributed by atoms with van der Waals surface area (Å²) in [6.45, 7) is 4.36. The highest BCUT2D eigenvalue weighted by molar-refractivity contribution is 7.89. The van der Waals surface area contributed by atoms with Gasteiger partial charge in [0.1, 0.15) is 10.0 Å². The molecule has 0 amide bonds. The maximum Gasteiger partial charge on any atom is 0.246 e. The summed E-state index contributed by atoms with van der Waals surface area (Å²) in [5.41, 5.74) is 0. The molecule has 0 unspecified atom stereocenters. The van der Waals surface area contributed by atoms with Crippen molar-refractivity contribution in [2.24, 2.45) is 0 Å². The van der Waals surface area contributed by atoms with Crippen molar-refractivity contribution in [3.05, 3.63) is 23.5 Å². The first-order valence-corrected chi connectivity index (χ1v) is 7.49. The molecule has 2 heterocycles. The second kappa shape index (κ2) is 5.13. The van der Waals surface area contributed by atoms with E-state index >= 15 is 0 Å². The first-order chi connectivity index (χ1) is 8.41. The van der Waals surface area contributed by atoms with E-state index in [1.165, 1.54) is 16.6 Å². The zero-order chi connectivity index (χ0) is 13.3. The molecular weight excluding hydrogens is 276 g/mol. The average molecular weight is 291 g/mol. The molecule has 0 radical (unpaired) electrons. The van der Waals surface area contributed by atoms with Crippen LogP contribution in [0, 0.1) is 0 Å². The van der Waals surface area contributed by atoms with Gasteiger partial charge < -0.3 is 4.74 Å². The second-order valence-corrected chi connectivity index (χ2v) is 6.64. The van der Waals surface area contributed by atoms with Gasteiger partial charge in [-0.1, -0.05) is 11.6 Å². The molecule has 0 aromatic carbocycles. The first-order valence-electron chi connectivity index (χ1n) is 5.67. The molecule has 0 saturated carbocycles. The van der Waals surface area contributed by atoms with Crippen molar-refractivity contribution in [1.82, 2.24) is 9.29 Å². The van der Waals surface area contributed by atoms with E-state index in [9.17, 15) is 8.42 Å². The van der Waals surface area contributed by atoms with Crippen LogP contribution in [-0.2, 0) is 14.8 Å². The quantitative estimate of drug-likeness (QED) is 0.775. The minimum atomic E-state index is -3.60. The monoisotopic (exact) mass is 290 g/mol. The van der Waals surface area contributed by atoms with Crippen molar-refractivity contribution in [3.63, 3.8) is 0 Å². The molecule has 7 heteroatoms. The van der Waals surface area contributed by atoms with Gasteiger partial charge in [0.2, 0.25) is 10.0 Å². The van der Waals surface area contributed by atoms with Gasteiger partial charge in [-0.3, -0.25) is 0 Å². The summed E-state index contributed by atoms with van der Waals surface area (Å²) in [4.78, 5) is 3.86. The molecule has 100 valence electrons. The average Bonchev–Trinajstić information content (AvgIpc) is 2.28. The molecule has 5 nitrogen and oxygen atoms in total. The fourth-order valence-corrected chi connectivity index (χ4v) is 4.05. The number of hydrogen-bond acceptors (Lipinski definition) is 4. The van der Waals surface area contributed by atoms with E-state index in [0.29, 0.717) is 13.1 Å². The van der Waals surface area contributed by atoms with Gasteiger partial charge in [-0.2, -0.15) is 4.31 Å². The van der Waals surface area contributed by atoms with Crippen molar-refractivity contribution in [1.29, 1.82) is 0 Å². The summed E-state index contributed by atoms with van der Waals surface area (Å²) in [7, 11) is -3.60. The number of ether oxygens (including phenoxy) is 1. The molecule has 1 saturated heterocycles. The fraction of sp³-hybridized carbons (Fsp3) is 0.545. The minimum Gasteiger partial charge on any atom is -0.373 e. The van der Waals surface area contributed by atoms with Gasteiger partial charge in [0.05, 0.1) is 12.2 Å². The molecule has 0 aliphatic carbocycles. The van der Waals surface area contributed by atoms with E-state index in [-0.39, 0.29) is 22.3 Å². The molecule has 1 fully saturated rings. The Labute approximate surface area is 112 Å². The maximum absolute atomic E-state index is 12.4. The Hall–Kier alpha value is -0.690. The topological polar surface area (TPSA) is 59.5 Å². The van der Waals surface area contributed by atoms with E-state index in [1.54, 1.807) is 6.07 Å². The van der Waals surface area contributed by atoms with Crippen LogP contribution in [0.4, 0.5) is 0 Å². The van der Waals surface area contributed by atoms with Crippen molar-refractivity contribution in [3.8, 4) is 0 Å².